The first-order valence-electron chi connectivity index (χ1n) is 11.1. The molecule has 4 rings (SSSR count). The number of H-pyrrole nitrogens is 1. The van der Waals surface area contributed by atoms with Crippen molar-refractivity contribution in [1.82, 2.24) is 14.5 Å². The first kappa shape index (κ1) is 22.7. The van der Waals surface area contributed by atoms with E-state index in [9.17, 15) is 14.4 Å². The van der Waals surface area contributed by atoms with Crippen LogP contribution in [0, 0.1) is 10.7 Å². The van der Waals surface area contributed by atoms with Crippen molar-refractivity contribution in [2.75, 3.05) is 20.8 Å². The Morgan fingerprint density at radius 3 is 2.75 bits per heavy atom. The Hall–Kier alpha value is -2.52. The van der Waals surface area contributed by atoms with E-state index in [4.69, 9.17) is 21.7 Å². The van der Waals surface area contributed by atoms with Gasteiger partial charge in [0.25, 0.3) is 11.5 Å². The standard InChI is InChI=1S/C23H29N3O5S/c1-30-11-5-10-25-21(28)16-9-8-15(12-17(16)24-23(25)32)20(27)26-18-7-4-3-6-14(18)13-19(26)22(29)31-2/h8-9,12,14,18-19H,3-7,10-11,13H2,1-2H3,(H,24,32). The maximum absolute atomic E-state index is 13.6. The highest BCUT2D eigenvalue weighted by molar-refractivity contribution is 7.71. The van der Waals surface area contributed by atoms with Crippen molar-refractivity contribution >= 4 is 35.0 Å². The van der Waals surface area contributed by atoms with Crippen molar-refractivity contribution in [3.05, 3.63) is 38.9 Å². The summed E-state index contributed by atoms with van der Waals surface area (Å²) in [6.07, 6.45) is 5.40. The predicted octanol–water partition coefficient (Wildman–Crippen LogP) is 3.04. The zero-order valence-electron chi connectivity index (χ0n) is 18.5. The average molecular weight is 460 g/mol. The second-order valence-electron chi connectivity index (χ2n) is 8.59. The number of hydrogen-bond donors (Lipinski definition) is 1. The fourth-order valence-corrected chi connectivity index (χ4v) is 5.49. The van der Waals surface area contributed by atoms with Crippen LogP contribution in [0.5, 0.6) is 0 Å². The molecule has 1 amide bonds. The van der Waals surface area contributed by atoms with Crippen LogP contribution in [-0.2, 0) is 20.8 Å². The number of nitrogens with zero attached hydrogens (tertiary/aromatic N) is 2. The topological polar surface area (TPSA) is 93.6 Å². The number of esters is 1. The van der Waals surface area contributed by atoms with Crippen LogP contribution >= 0.6 is 12.2 Å². The van der Waals surface area contributed by atoms with Crippen LogP contribution in [0.15, 0.2) is 23.0 Å². The van der Waals surface area contributed by atoms with E-state index in [1.165, 1.54) is 11.7 Å². The molecule has 172 valence electrons. The van der Waals surface area contributed by atoms with Gasteiger partial charge in [-0.05, 0) is 62.0 Å². The van der Waals surface area contributed by atoms with Gasteiger partial charge < -0.3 is 19.4 Å². The number of ether oxygens (including phenoxy) is 2. The first-order valence-corrected chi connectivity index (χ1v) is 11.5. The summed E-state index contributed by atoms with van der Waals surface area (Å²) >= 11 is 5.39. The molecule has 0 spiro atoms. The van der Waals surface area contributed by atoms with Gasteiger partial charge in [-0.15, -0.1) is 0 Å². The molecule has 1 aromatic heterocycles. The minimum atomic E-state index is -0.566. The van der Waals surface area contributed by atoms with Crippen molar-refractivity contribution in [1.29, 1.82) is 0 Å². The predicted molar refractivity (Wildman–Crippen MR) is 122 cm³/mol. The SMILES string of the molecule is COCCCn1c(=S)[nH]c2cc(C(=O)N3C(C(=O)OC)CC4CCCCC43)ccc2c1=O. The van der Waals surface area contributed by atoms with Gasteiger partial charge in [0.2, 0.25) is 0 Å². The lowest BCUT2D eigenvalue weighted by Crippen LogP contribution is -2.46. The van der Waals surface area contributed by atoms with E-state index in [2.05, 4.69) is 4.98 Å². The maximum atomic E-state index is 13.6. The molecule has 1 N–H and O–H groups in total. The number of likely N-dealkylation sites (tertiary alicyclic amines) is 1. The molecule has 2 aliphatic rings. The Labute approximate surface area is 191 Å². The molecule has 0 bridgehead atoms. The highest BCUT2D eigenvalue weighted by Gasteiger charge is 2.48. The number of carbonyl (C=O) groups is 2. The number of aromatic nitrogens is 2. The Kier molecular flexibility index (Phi) is 6.76. The molecule has 1 saturated carbocycles. The van der Waals surface area contributed by atoms with Gasteiger partial charge >= 0.3 is 5.97 Å². The Balaban J connectivity index is 1.68. The minimum absolute atomic E-state index is 0.0447. The summed E-state index contributed by atoms with van der Waals surface area (Å²) in [6, 6.07) is 4.46. The molecule has 1 saturated heterocycles. The largest absolute Gasteiger partial charge is 0.467 e. The second kappa shape index (κ2) is 9.54. The summed E-state index contributed by atoms with van der Waals surface area (Å²) in [6.45, 7) is 0.988. The first-order chi connectivity index (χ1) is 15.5. The summed E-state index contributed by atoms with van der Waals surface area (Å²) < 4.78 is 11.9. The maximum Gasteiger partial charge on any atom is 0.328 e. The fraction of sp³-hybridized carbons (Fsp3) is 0.565. The van der Waals surface area contributed by atoms with E-state index in [0.717, 1.165) is 25.7 Å². The zero-order valence-corrected chi connectivity index (χ0v) is 19.3. The van der Waals surface area contributed by atoms with E-state index < -0.39 is 6.04 Å². The monoisotopic (exact) mass is 459 g/mol. The summed E-state index contributed by atoms with van der Waals surface area (Å²) in [5.41, 5.74) is 0.752. The van der Waals surface area contributed by atoms with E-state index in [1.807, 2.05) is 0 Å². The van der Waals surface area contributed by atoms with Gasteiger partial charge in [0.1, 0.15) is 6.04 Å². The van der Waals surface area contributed by atoms with Crippen LogP contribution in [-0.4, -0.2) is 59.2 Å². The molecule has 9 heteroatoms. The number of amides is 1. The third-order valence-corrected chi connectivity index (χ3v) is 7.08. The van der Waals surface area contributed by atoms with Crippen LogP contribution in [0.3, 0.4) is 0 Å². The second-order valence-corrected chi connectivity index (χ2v) is 8.98. The summed E-state index contributed by atoms with van der Waals surface area (Å²) in [5.74, 6) is -0.255. The number of hydrogen-bond acceptors (Lipinski definition) is 6. The molecule has 2 heterocycles. The van der Waals surface area contributed by atoms with Gasteiger partial charge in [0.15, 0.2) is 4.77 Å². The fourth-order valence-electron chi connectivity index (χ4n) is 5.21. The molecular formula is C23H29N3O5S. The lowest BCUT2D eigenvalue weighted by Gasteiger charge is -2.33. The van der Waals surface area contributed by atoms with Gasteiger partial charge in [-0.3, -0.25) is 14.2 Å². The van der Waals surface area contributed by atoms with E-state index >= 15 is 0 Å². The van der Waals surface area contributed by atoms with Gasteiger partial charge in [-0.1, -0.05) is 12.8 Å². The average Bonchev–Trinajstić information content (AvgIpc) is 3.19. The third kappa shape index (κ3) is 4.11. The molecule has 1 aliphatic heterocycles. The number of carbonyl (C=O) groups excluding carboxylic acids is 2. The number of fused-ring (bicyclic) bond motifs is 2. The van der Waals surface area contributed by atoms with Crippen molar-refractivity contribution in [3.63, 3.8) is 0 Å². The van der Waals surface area contributed by atoms with Gasteiger partial charge in [0, 0.05) is 31.9 Å². The molecule has 32 heavy (non-hydrogen) atoms. The molecule has 3 unspecified atom stereocenters. The summed E-state index contributed by atoms with van der Waals surface area (Å²) in [4.78, 5) is 43.8. The highest BCUT2D eigenvalue weighted by atomic mass is 32.1. The Morgan fingerprint density at radius 1 is 1.22 bits per heavy atom. The van der Waals surface area contributed by atoms with Crippen LogP contribution in [0.1, 0.15) is 48.9 Å². The molecule has 2 aromatic rings. The van der Waals surface area contributed by atoms with Crippen molar-refractivity contribution in [3.8, 4) is 0 Å². The molecule has 1 aliphatic carbocycles. The number of aromatic amines is 1. The van der Waals surface area contributed by atoms with Crippen LogP contribution in [0.4, 0.5) is 0 Å². The van der Waals surface area contributed by atoms with Gasteiger partial charge in [-0.2, -0.15) is 0 Å². The third-order valence-electron chi connectivity index (χ3n) is 6.75. The number of nitrogens with one attached hydrogen (secondary N) is 1. The lowest BCUT2D eigenvalue weighted by atomic mass is 9.84. The van der Waals surface area contributed by atoms with E-state index in [0.29, 0.717) is 53.1 Å². The molecular weight excluding hydrogens is 430 g/mol. The van der Waals surface area contributed by atoms with Gasteiger partial charge in [0.05, 0.1) is 18.0 Å². The molecule has 1 aromatic carbocycles. The van der Waals surface area contributed by atoms with Crippen LogP contribution in [0.2, 0.25) is 0 Å². The number of rotatable bonds is 6. The normalized spacial score (nSPS) is 22.7. The lowest BCUT2D eigenvalue weighted by molar-refractivity contribution is -0.145. The van der Waals surface area contributed by atoms with Crippen molar-refractivity contribution in [2.45, 2.75) is 57.2 Å². The number of methoxy groups -OCH3 is 2. The van der Waals surface area contributed by atoms with Gasteiger partial charge in [-0.25, -0.2) is 4.79 Å². The zero-order chi connectivity index (χ0) is 22.8. The van der Waals surface area contributed by atoms with Crippen LogP contribution in [0.25, 0.3) is 10.9 Å². The molecule has 0 radical (unpaired) electrons. The quantitative estimate of drug-likeness (QED) is 0.405. The smallest absolute Gasteiger partial charge is 0.328 e. The van der Waals surface area contributed by atoms with Crippen LogP contribution < -0.4 is 5.56 Å². The number of benzene rings is 1. The summed E-state index contributed by atoms with van der Waals surface area (Å²) in [5, 5.41) is 0.467. The minimum Gasteiger partial charge on any atom is -0.467 e. The highest BCUT2D eigenvalue weighted by Crippen LogP contribution is 2.40. The van der Waals surface area contributed by atoms with E-state index in [-0.39, 0.29) is 23.5 Å². The van der Waals surface area contributed by atoms with Crippen molar-refractivity contribution < 1.29 is 19.1 Å². The molecule has 8 nitrogen and oxygen atoms in total. The van der Waals surface area contributed by atoms with Crippen molar-refractivity contribution in [2.24, 2.45) is 5.92 Å². The Bertz CT molecular complexity index is 1140. The molecule has 3 atom stereocenters. The van der Waals surface area contributed by atoms with E-state index in [1.54, 1.807) is 30.2 Å². The molecule has 2 fully saturated rings. The Morgan fingerprint density at radius 2 is 2.00 bits per heavy atom. The summed E-state index contributed by atoms with van der Waals surface area (Å²) in [7, 11) is 2.98.